The molecule has 0 spiro atoms. The highest BCUT2D eigenvalue weighted by atomic mass is 32.1. The van der Waals surface area contributed by atoms with Gasteiger partial charge in [0.05, 0.1) is 4.70 Å². The SMILES string of the molecule is C1=C(c2ccccc2)CCN(c2nsc3ccccc23)C1. The first-order valence-electron chi connectivity index (χ1n) is 7.25. The van der Waals surface area contributed by atoms with Crippen LogP contribution in [0.2, 0.25) is 0 Å². The van der Waals surface area contributed by atoms with Crippen molar-refractivity contribution in [3.05, 3.63) is 66.2 Å². The molecule has 0 atom stereocenters. The average Bonchev–Trinajstić information content (AvgIpc) is 3.00. The van der Waals surface area contributed by atoms with Crippen LogP contribution in [0.4, 0.5) is 5.82 Å². The number of benzene rings is 2. The summed E-state index contributed by atoms with van der Waals surface area (Å²) in [6.45, 7) is 1.98. The van der Waals surface area contributed by atoms with Crippen LogP contribution < -0.4 is 4.90 Å². The fourth-order valence-electron chi connectivity index (χ4n) is 2.88. The highest BCUT2D eigenvalue weighted by Crippen LogP contribution is 2.32. The van der Waals surface area contributed by atoms with E-state index in [2.05, 4.69) is 69.9 Å². The lowest BCUT2D eigenvalue weighted by Gasteiger charge is -2.27. The summed E-state index contributed by atoms with van der Waals surface area (Å²) in [4.78, 5) is 2.38. The molecule has 0 saturated carbocycles. The summed E-state index contributed by atoms with van der Waals surface area (Å²) in [6, 6.07) is 19.2. The molecule has 2 nitrogen and oxygen atoms in total. The van der Waals surface area contributed by atoms with E-state index in [1.807, 2.05) is 0 Å². The molecule has 3 heteroatoms. The smallest absolute Gasteiger partial charge is 0.150 e. The van der Waals surface area contributed by atoms with Crippen LogP contribution in [0.1, 0.15) is 12.0 Å². The third-order valence-corrected chi connectivity index (χ3v) is 4.83. The Bertz CT molecular complexity index is 789. The van der Waals surface area contributed by atoms with Crippen molar-refractivity contribution in [2.75, 3.05) is 18.0 Å². The molecule has 0 fully saturated rings. The fraction of sp³-hybridized carbons (Fsp3) is 0.167. The highest BCUT2D eigenvalue weighted by molar-refractivity contribution is 7.13. The molecular weight excluding hydrogens is 276 g/mol. The van der Waals surface area contributed by atoms with E-state index in [9.17, 15) is 0 Å². The summed E-state index contributed by atoms with van der Waals surface area (Å²) in [6.07, 6.45) is 3.42. The number of nitrogens with zero attached hydrogens (tertiary/aromatic N) is 2. The van der Waals surface area contributed by atoms with Gasteiger partial charge in [-0.2, -0.15) is 4.37 Å². The van der Waals surface area contributed by atoms with Gasteiger partial charge in [-0.15, -0.1) is 0 Å². The Morgan fingerprint density at radius 2 is 1.76 bits per heavy atom. The molecule has 21 heavy (non-hydrogen) atoms. The Kier molecular flexibility index (Phi) is 3.20. The van der Waals surface area contributed by atoms with Gasteiger partial charge < -0.3 is 4.90 Å². The van der Waals surface area contributed by atoms with Gasteiger partial charge in [0.25, 0.3) is 0 Å². The van der Waals surface area contributed by atoms with Crippen molar-refractivity contribution in [2.45, 2.75) is 6.42 Å². The molecule has 2 aromatic carbocycles. The molecule has 3 aromatic rings. The summed E-state index contributed by atoms with van der Waals surface area (Å²) >= 11 is 1.59. The summed E-state index contributed by atoms with van der Waals surface area (Å²) in [5.74, 6) is 1.14. The second-order valence-corrected chi connectivity index (χ2v) is 6.10. The van der Waals surface area contributed by atoms with Gasteiger partial charge in [0.15, 0.2) is 0 Å². The lowest BCUT2D eigenvalue weighted by molar-refractivity contribution is 0.826. The van der Waals surface area contributed by atoms with E-state index in [0.717, 1.165) is 25.3 Å². The predicted molar refractivity (Wildman–Crippen MR) is 90.9 cm³/mol. The van der Waals surface area contributed by atoms with Gasteiger partial charge in [-0.25, -0.2) is 0 Å². The largest absolute Gasteiger partial charge is 0.351 e. The lowest BCUT2D eigenvalue weighted by Crippen LogP contribution is -2.28. The molecule has 0 aliphatic carbocycles. The third-order valence-electron chi connectivity index (χ3n) is 4.01. The Balaban J connectivity index is 1.61. The van der Waals surface area contributed by atoms with E-state index in [4.69, 9.17) is 0 Å². The zero-order valence-corrected chi connectivity index (χ0v) is 12.5. The quantitative estimate of drug-likeness (QED) is 0.686. The molecule has 2 heterocycles. The predicted octanol–water partition coefficient (Wildman–Crippen LogP) is 4.59. The van der Waals surface area contributed by atoms with Crippen LogP contribution in [-0.4, -0.2) is 17.5 Å². The molecule has 1 aliphatic rings. The normalized spacial score (nSPS) is 15.2. The standard InChI is InChI=1S/C18H16N2S/c1-2-6-14(7-3-1)15-10-12-20(13-11-15)18-16-8-4-5-9-17(16)21-19-18/h1-10H,11-13H2. The van der Waals surface area contributed by atoms with Gasteiger partial charge in [-0.1, -0.05) is 48.5 Å². The van der Waals surface area contributed by atoms with Gasteiger partial charge in [0.2, 0.25) is 0 Å². The molecule has 0 unspecified atom stereocenters. The van der Waals surface area contributed by atoms with E-state index in [-0.39, 0.29) is 0 Å². The highest BCUT2D eigenvalue weighted by Gasteiger charge is 2.17. The summed E-state index contributed by atoms with van der Waals surface area (Å²) < 4.78 is 5.92. The van der Waals surface area contributed by atoms with Crippen LogP contribution in [0.15, 0.2) is 60.7 Å². The number of aromatic nitrogens is 1. The second kappa shape index (κ2) is 5.34. The molecule has 4 rings (SSSR count). The third kappa shape index (κ3) is 2.34. The summed E-state index contributed by atoms with van der Waals surface area (Å²) in [5, 5.41) is 1.28. The van der Waals surface area contributed by atoms with Gasteiger partial charge in [-0.3, -0.25) is 0 Å². The minimum absolute atomic E-state index is 0.942. The lowest BCUT2D eigenvalue weighted by atomic mass is 9.99. The maximum Gasteiger partial charge on any atom is 0.150 e. The number of rotatable bonds is 2. The van der Waals surface area contributed by atoms with E-state index in [1.165, 1.54) is 21.2 Å². The molecule has 0 radical (unpaired) electrons. The number of anilines is 1. The van der Waals surface area contributed by atoms with Crippen LogP contribution in [0, 0.1) is 0 Å². The zero-order chi connectivity index (χ0) is 14.1. The molecule has 1 aliphatic heterocycles. The molecule has 1 aromatic heterocycles. The molecule has 0 saturated heterocycles. The van der Waals surface area contributed by atoms with Gasteiger partial charge in [-0.05, 0) is 41.2 Å². The Labute approximate surface area is 128 Å². The second-order valence-electron chi connectivity index (χ2n) is 5.29. The van der Waals surface area contributed by atoms with Crippen molar-refractivity contribution in [3.63, 3.8) is 0 Å². The first kappa shape index (κ1) is 12.6. The fourth-order valence-corrected chi connectivity index (χ4v) is 3.67. The molecule has 104 valence electrons. The van der Waals surface area contributed by atoms with Crippen molar-refractivity contribution in [1.82, 2.24) is 4.37 Å². The maximum atomic E-state index is 4.66. The van der Waals surface area contributed by atoms with E-state index >= 15 is 0 Å². The van der Waals surface area contributed by atoms with Crippen molar-refractivity contribution in [1.29, 1.82) is 0 Å². The summed E-state index contributed by atoms with van der Waals surface area (Å²) in [5.41, 5.74) is 2.80. The van der Waals surface area contributed by atoms with Crippen LogP contribution in [-0.2, 0) is 0 Å². The minimum Gasteiger partial charge on any atom is -0.351 e. The van der Waals surface area contributed by atoms with Gasteiger partial charge >= 0.3 is 0 Å². The number of hydrogen-bond acceptors (Lipinski definition) is 3. The van der Waals surface area contributed by atoms with Crippen LogP contribution in [0.3, 0.4) is 0 Å². The zero-order valence-electron chi connectivity index (χ0n) is 11.7. The summed E-state index contributed by atoms with van der Waals surface area (Å²) in [7, 11) is 0. The van der Waals surface area contributed by atoms with E-state index < -0.39 is 0 Å². The minimum atomic E-state index is 0.942. The number of hydrogen-bond donors (Lipinski definition) is 0. The van der Waals surface area contributed by atoms with E-state index in [1.54, 1.807) is 11.5 Å². The first-order chi connectivity index (χ1) is 10.4. The van der Waals surface area contributed by atoms with Gasteiger partial charge in [0, 0.05) is 18.5 Å². The Morgan fingerprint density at radius 3 is 2.57 bits per heavy atom. The molecule has 0 amide bonds. The van der Waals surface area contributed by atoms with Crippen molar-refractivity contribution in [3.8, 4) is 0 Å². The Hall–Kier alpha value is -2.13. The van der Waals surface area contributed by atoms with E-state index in [0.29, 0.717) is 0 Å². The molecule has 0 bridgehead atoms. The topological polar surface area (TPSA) is 16.1 Å². The van der Waals surface area contributed by atoms with Crippen molar-refractivity contribution < 1.29 is 0 Å². The first-order valence-corrected chi connectivity index (χ1v) is 8.03. The van der Waals surface area contributed by atoms with Crippen molar-refractivity contribution in [2.24, 2.45) is 0 Å². The molecule has 0 N–H and O–H groups in total. The number of fused-ring (bicyclic) bond motifs is 1. The monoisotopic (exact) mass is 292 g/mol. The Morgan fingerprint density at radius 1 is 0.952 bits per heavy atom. The van der Waals surface area contributed by atoms with Crippen LogP contribution in [0.25, 0.3) is 15.7 Å². The maximum absolute atomic E-state index is 4.66. The molecular formula is C18H16N2S. The van der Waals surface area contributed by atoms with Crippen molar-refractivity contribution >= 4 is 33.0 Å². The van der Waals surface area contributed by atoms with Crippen LogP contribution >= 0.6 is 11.5 Å². The average molecular weight is 292 g/mol. The van der Waals surface area contributed by atoms with Gasteiger partial charge in [0.1, 0.15) is 5.82 Å². The van der Waals surface area contributed by atoms with Crippen LogP contribution in [0.5, 0.6) is 0 Å².